The van der Waals surface area contributed by atoms with Crippen LogP contribution in [-0.2, 0) is 24.5 Å². The molecule has 0 radical (unpaired) electrons. The highest BCUT2D eigenvalue weighted by atomic mass is 16.7. The van der Waals surface area contributed by atoms with Crippen molar-refractivity contribution in [3.63, 3.8) is 0 Å². The number of carbonyl (C=O) groups excluding carboxylic acids is 3. The van der Waals surface area contributed by atoms with E-state index in [-0.39, 0.29) is 37.4 Å². The van der Waals surface area contributed by atoms with Crippen molar-refractivity contribution < 1.29 is 28.6 Å². The molecule has 124 valence electrons. The summed E-state index contributed by atoms with van der Waals surface area (Å²) in [4.78, 5) is 37.0. The number of piperidine rings is 1. The van der Waals surface area contributed by atoms with Gasteiger partial charge in [-0.15, -0.1) is 0 Å². The van der Waals surface area contributed by atoms with E-state index in [1.165, 1.54) is 7.11 Å². The minimum absolute atomic E-state index is 0.00100. The van der Waals surface area contributed by atoms with Crippen LogP contribution in [0.4, 0.5) is 0 Å². The van der Waals surface area contributed by atoms with E-state index in [0.29, 0.717) is 11.5 Å². The van der Waals surface area contributed by atoms with Gasteiger partial charge in [0, 0.05) is 18.3 Å². The Morgan fingerprint density at radius 3 is 2.71 bits per heavy atom. The van der Waals surface area contributed by atoms with Crippen molar-refractivity contribution >= 4 is 17.7 Å². The number of rotatable bonds is 2. The van der Waals surface area contributed by atoms with Crippen LogP contribution >= 0.6 is 0 Å². The quantitative estimate of drug-likeness (QED) is 0.620. The first-order valence-electron chi connectivity index (χ1n) is 7.84. The fourth-order valence-electron chi connectivity index (χ4n) is 5.23. The number of nitrogens with one attached hydrogen (secondary N) is 1. The first-order valence-corrected chi connectivity index (χ1v) is 7.84. The summed E-state index contributed by atoms with van der Waals surface area (Å²) in [5, 5.41) is 2.90. The Labute approximate surface area is 137 Å². The van der Waals surface area contributed by atoms with Crippen LogP contribution in [0.25, 0.3) is 0 Å². The van der Waals surface area contributed by atoms with Gasteiger partial charge in [-0.2, -0.15) is 0 Å². The molecule has 1 saturated heterocycles. The molecule has 4 atom stereocenters. The highest BCUT2D eigenvalue weighted by Crippen LogP contribution is 2.71. The van der Waals surface area contributed by atoms with Gasteiger partial charge < -0.3 is 19.5 Å². The molecule has 1 N–H and O–H groups in total. The predicted molar refractivity (Wildman–Crippen MR) is 78.4 cm³/mol. The van der Waals surface area contributed by atoms with Crippen LogP contribution in [-0.4, -0.2) is 37.6 Å². The molecule has 4 unspecified atom stereocenters. The van der Waals surface area contributed by atoms with Crippen molar-refractivity contribution in [1.29, 1.82) is 0 Å². The molecule has 2 heterocycles. The molecule has 1 amide bonds. The van der Waals surface area contributed by atoms with Crippen LogP contribution in [0.5, 0.6) is 11.5 Å². The second-order valence-electron chi connectivity index (χ2n) is 6.90. The number of β-lactam (4-membered cyclic amide) rings is 1. The Morgan fingerprint density at radius 2 is 1.96 bits per heavy atom. The summed E-state index contributed by atoms with van der Waals surface area (Å²) >= 11 is 0. The summed E-state index contributed by atoms with van der Waals surface area (Å²) in [6, 6.07) is 5.21. The van der Waals surface area contributed by atoms with Crippen LogP contribution in [0.1, 0.15) is 18.4 Å². The maximum atomic E-state index is 12.5. The summed E-state index contributed by atoms with van der Waals surface area (Å²) in [6.07, 6.45) is 0.314. The Bertz CT molecular complexity index is 819. The maximum absolute atomic E-state index is 12.5. The Morgan fingerprint density at radius 1 is 1.21 bits per heavy atom. The van der Waals surface area contributed by atoms with E-state index in [4.69, 9.17) is 14.2 Å². The predicted octanol–water partition coefficient (Wildman–Crippen LogP) is 0.304. The topological polar surface area (TPSA) is 90.9 Å². The van der Waals surface area contributed by atoms with Gasteiger partial charge in [0.15, 0.2) is 11.5 Å². The molecule has 2 aliphatic carbocycles. The minimum atomic E-state index is -0.946. The van der Waals surface area contributed by atoms with E-state index >= 15 is 0 Å². The molecule has 5 rings (SSSR count). The van der Waals surface area contributed by atoms with Gasteiger partial charge >= 0.3 is 5.97 Å². The minimum Gasteiger partial charge on any atom is -0.469 e. The SMILES string of the molecule is COC(=O)C1C23CC(=O)CC1(c1ccc4c(c1)OCO4)C2NC3=O. The first-order chi connectivity index (χ1) is 11.5. The van der Waals surface area contributed by atoms with Crippen LogP contribution in [0.3, 0.4) is 0 Å². The van der Waals surface area contributed by atoms with Gasteiger partial charge in [-0.05, 0) is 17.7 Å². The number of ketones is 1. The number of benzene rings is 1. The van der Waals surface area contributed by atoms with E-state index in [2.05, 4.69) is 5.32 Å². The molecule has 7 nitrogen and oxygen atoms in total. The number of amides is 1. The number of ether oxygens (including phenoxy) is 3. The van der Waals surface area contributed by atoms with Gasteiger partial charge in [-0.3, -0.25) is 14.4 Å². The van der Waals surface area contributed by atoms with Gasteiger partial charge in [0.25, 0.3) is 0 Å². The average molecular weight is 329 g/mol. The van der Waals surface area contributed by atoms with Crippen molar-refractivity contribution in [1.82, 2.24) is 5.32 Å². The van der Waals surface area contributed by atoms with E-state index in [9.17, 15) is 14.4 Å². The zero-order chi connectivity index (χ0) is 16.7. The highest BCUT2D eigenvalue weighted by Gasteiger charge is 2.85. The van der Waals surface area contributed by atoms with Crippen molar-refractivity contribution in [3.05, 3.63) is 23.8 Å². The van der Waals surface area contributed by atoms with Crippen molar-refractivity contribution in [3.8, 4) is 11.5 Å². The molecule has 7 heteroatoms. The molecule has 24 heavy (non-hydrogen) atoms. The molecule has 2 aliphatic heterocycles. The van der Waals surface area contributed by atoms with Crippen LogP contribution in [0, 0.1) is 11.3 Å². The van der Waals surface area contributed by atoms with Crippen molar-refractivity contribution in [2.24, 2.45) is 11.3 Å². The summed E-state index contributed by atoms with van der Waals surface area (Å²) < 4.78 is 15.7. The molecule has 4 aliphatic rings. The summed E-state index contributed by atoms with van der Waals surface area (Å²) in [5.74, 6) is -0.0916. The number of fused-ring (bicyclic) bond motifs is 3. The second-order valence-corrected chi connectivity index (χ2v) is 6.90. The molecule has 3 fully saturated rings. The van der Waals surface area contributed by atoms with E-state index in [1.54, 1.807) is 6.07 Å². The zero-order valence-electron chi connectivity index (χ0n) is 13.0. The Balaban J connectivity index is 1.68. The molecule has 1 spiro atoms. The number of hydrogen-bond acceptors (Lipinski definition) is 6. The van der Waals surface area contributed by atoms with E-state index in [1.807, 2.05) is 12.1 Å². The zero-order valence-corrected chi connectivity index (χ0v) is 13.0. The maximum Gasteiger partial charge on any atom is 0.310 e. The molecule has 0 aromatic heterocycles. The number of hydrogen-bond donors (Lipinski definition) is 1. The lowest BCUT2D eigenvalue weighted by Crippen LogP contribution is -2.91. The lowest BCUT2D eigenvalue weighted by Gasteiger charge is -2.74. The average Bonchev–Trinajstić information content (AvgIpc) is 3.05. The molecular weight excluding hydrogens is 314 g/mol. The lowest BCUT2D eigenvalue weighted by atomic mass is 9.31. The van der Waals surface area contributed by atoms with E-state index < -0.39 is 22.7 Å². The van der Waals surface area contributed by atoms with Gasteiger partial charge in [-0.1, -0.05) is 6.07 Å². The summed E-state index contributed by atoms with van der Waals surface area (Å²) in [7, 11) is 1.31. The standard InChI is InChI=1S/C17H15NO6/c1-22-13(20)12-16(8-2-3-10-11(4-8)24-7-23-10)5-9(19)6-17(12)14(16)18-15(17)21/h2-4,12,14H,5-7H2,1H3,(H,18,21). The molecule has 1 aromatic rings. The largest absolute Gasteiger partial charge is 0.469 e. The summed E-state index contributed by atoms with van der Waals surface area (Å²) in [5.41, 5.74) is -0.910. The number of esters is 1. The summed E-state index contributed by atoms with van der Waals surface area (Å²) in [6.45, 7) is 0.148. The first kappa shape index (κ1) is 13.8. The van der Waals surface area contributed by atoms with Crippen molar-refractivity contribution in [2.45, 2.75) is 24.3 Å². The molecule has 2 saturated carbocycles. The number of carbonyl (C=O) groups is 3. The van der Waals surface area contributed by atoms with Gasteiger partial charge in [0.05, 0.1) is 24.5 Å². The number of methoxy groups -OCH3 is 1. The second kappa shape index (κ2) is 4.09. The fourth-order valence-corrected chi connectivity index (χ4v) is 5.23. The van der Waals surface area contributed by atoms with Gasteiger partial charge in [0.2, 0.25) is 12.7 Å². The third-order valence-corrected chi connectivity index (χ3v) is 6.08. The highest BCUT2D eigenvalue weighted by molar-refractivity contribution is 6.07. The van der Waals surface area contributed by atoms with Crippen LogP contribution < -0.4 is 14.8 Å². The Hall–Kier alpha value is -2.57. The number of Topliss-reactive ketones (excluding diaryl/α,β-unsaturated/α-hetero) is 1. The third-order valence-electron chi connectivity index (χ3n) is 6.08. The smallest absolute Gasteiger partial charge is 0.310 e. The lowest BCUT2D eigenvalue weighted by molar-refractivity contribution is -0.222. The molecule has 2 bridgehead atoms. The van der Waals surface area contributed by atoms with E-state index in [0.717, 1.165) is 5.56 Å². The monoisotopic (exact) mass is 329 g/mol. The van der Waals surface area contributed by atoms with Crippen LogP contribution in [0.15, 0.2) is 18.2 Å². The molecule has 1 aromatic carbocycles. The third kappa shape index (κ3) is 1.26. The van der Waals surface area contributed by atoms with Crippen molar-refractivity contribution in [2.75, 3.05) is 13.9 Å². The normalized spacial score (nSPS) is 37.7. The Kier molecular flexibility index (Phi) is 2.36. The van der Waals surface area contributed by atoms with Gasteiger partial charge in [-0.25, -0.2) is 0 Å². The molecular formula is C17H15NO6. The van der Waals surface area contributed by atoms with Crippen LogP contribution in [0.2, 0.25) is 0 Å². The fraction of sp³-hybridized carbons (Fsp3) is 0.471. The van der Waals surface area contributed by atoms with Gasteiger partial charge in [0.1, 0.15) is 5.78 Å².